The van der Waals surface area contributed by atoms with E-state index in [9.17, 15) is 8.78 Å². The predicted octanol–water partition coefficient (Wildman–Crippen LogP) is 5.21. The van der Waals surface area contributed by atoms with Crippen LogP contribution in [0, 0.1) is 11.6 Å². The molecule has 1 heterocycles. The van der Waals surface area contributed by atoms with Gasteiger partial charge in [-0.05, 0) is 56.0 Å². The summed E-state index contributed by atoms with van der Waals surface area (Å²) in [6, 6.07) is 11.7. The van der Waals surface area contributed by atoms with E-state index in [2.05, 4.69) is 5.10 Å². The van der Waals surface area contributed by atoms with Gasteiger partial charge in [-0.3, -0.25) is 4.68 Å². The van der Waals surface area contributed by atoms with E-state index >= 15 is 0 Å². The lowest BCUT2D eigenvalue weighted by Crippen LogP contribution is -2.11. The van der Waals surface area contributed by atoms with Crippen LogP contribution in [0.25, 0.3) is 11.3 Å². The van der Waals surface area contributed by atoms with Crippen molar-refractivity contribution in [1.29, 1.82) is 0 Å². The number of aromatic nitrogens is 2. The van der Waals surface area contributed by atoms with Crippen molar-refractivity contribution in [2.45, 2.75) is 38.3 Å². The Morgan fingerprint density at radius 3 is 2.68 bits per heavy atom. The van der Waals surface area contributed by atoms with E-state index in [1.807, 2.05) is 24.3 Å². The molecule has 3 aromatic rings. The molecule has 4 rings (SSSR count). The van der Waals surface area contributed by atoms with Crippen molar-refractivity contribution in [2.75, 3.05) is 7.11 Å². The largest absolute Gasteiger partial charge is 0.493 e. The van der Waals surface area contributed by atoms with Gasteiger partial charge < -0.3 is 9.47 Å². The average Bonchev–Trinajstić information content (AvgIpc) is 3.38. The number of hydrogen-bond acceptors (Lipinski definition) is 3. The zero-order valence-corrected chi connectivity index (χ0v) is 15.7. The highest BCUT2D eigenvalue weighted by molar-refractivity contribution is 5.63. The number of ether oxygens (including phenoxy) is 2. The van der Waals surface area contributed by atoms with E-state index < -0.39 is 11.6 Å². The SMILES string of the molecule is COc1ccc(-c2ccn(Cc3cccc(F)c3F)n2)cc1OC1CCCC1. The van der Waals surface area contributed by atoms with Crippen LogP contribution in [0.4, 0.5) is 8.78 Å². The maximum Gasteiger partial charge on any atom is 0.163 e. The Hall–Kier alpha value is -2.89. The number of rotatable bonds is 6. The van der Waals surface area contributed by atoms with Crippen molar-refractivity contribution in [1.82, 2.24) is 9.78 Å². The minimum absolute atomic E-state index is 0.158. The van der Waals surface area contributed by atoms with Crippen molar-refractivity contribution >= 4 is 0 Å². The highest BCUT2D eigenvalue weighted by Gasteiger charge is 2.19. The van der Waals surface area contributed by atoms with Crippen LogP contribution in [0.1, 0.15) is 31.2 Å². The normalized spacial score (nSPS) is 14.4. The zero-order chi connectivity index (χ0) is 19.5. The number of hydrogen-bond donors (Lipinski definition) is 0. The molecule has 0 spiro atoms. The van der Waals surface area contributed by atoms with E-state index in [0.717, 1.165) is 30.2 Å². The predicted molar refractivity (Wildman–Crippen MR) is 103 cm³/mol. The summed E-state index contributed by atoms with van der Waals surface area (Å²) in [4.78, 5) is 0. The molecule has 4 nitrogen and oxygen atoms in total. The summed E-state index contributed by atoms with van der Waals surface area (Å²) in [7, 11) is 1.62. The average molecular weight is 384 g/mol. The lowest BCUT2D eigenvalue weighted by molar-refractivity contribution is 0.201. The van der Waals surface area contributed by atoms with Gasteiger partial charge in [0.05, 0.1) is 25.5 Å². The Morgan fingerprint density at radius 2 is 1.89 bits per heavy atom. The van der Waals surface area contributed by atoms with Crippen LogP contribution in [0.3, 0.4) is 0 Å². The first-order chi connectivity index (χ1) is 13.6. The lowest BCUT2D eigenvalue weighted by atomic mass is 10.1. The van der Waals surface area contributed by atoms with Crippen LogP contribution in [0.15, 0.2) is 48.7 Å². The van der Waals surface area contributed by atoms with E-state index in [1.54, 1.807) is 24.1 Å². The standard InChI is InChI=1S/C22H22F2N2O2/c1-27-20-10-9-15(13-21(20)28-17-6-2-3-7-17)19-11-12-26(25-19)14-16-5-4-8-18(23)22(16)24/h4-5,8-13,17H,2-3,6-7,14H2,1H3. The fraction of sp³-hybridized carbons (Fsp3) is 0.318. The first-order valence-electron chi connectivity index (χ1n) is 9.45. The second-order valence-electron chi connectivity index (χ2n) is 7.00. The van der Waals surface area contributed by atoms with Crippen LogP contribution in [-0.4, -0.2) is 23.0 Å². The maximum atomic E-state index is 13.9. The van der Waals surface area contributed by atoms with E-state index in [-0.39, 0.29) is 18.2 Å². The number of benzene rings is 2. The van der Waals surface area contributed by atoms with Crippen LogP contribution in [0.2, 0.25) is 0 Å². The van der Waals surface area contributed by atoms with Crippen LogP contribution >= 0.6 is 0 Å². The lowest BCUT2D eigenvalue weighted by Gasteiger charge is -2.16. The van der Waals surface area contributed by atoms with E-state index in [4.69, 9.17) is 9.47 Å². The molecule has 1 saturated carbocycles. The Bertz CT molecular complexity index is 965. The molecule has 1 aliphatic rings. The summed E-state index contributed by atoms with van der Waals surface area (Å²) < 4.78 is 40.5. The molecule has 28 heavy (non-hydrogen) atoms. The molecule has 1 aromatic heterocycles. The highest BCUT2D eigenvalue weighted by atomic mass is 19.2. The van der Waals surface area contributed by atoms with Crippen molar-refractivity contribution in [3.63, 3.8) is 0 Å². The Labute approximate surface area is 162 Å². The minimum atomic E-state index is -0.853. The van der Waals surface area contributed by atoms with Crippen LogP contribution in [0.5, 0.6) is 11.5 Å². The number of methoxy groups -OCH3 is 1. The summed E-state index contributed by atoms with van der Waals surface area (Å²) in [6.45, 7) is 0.158. The third-order valence-corrected chi connectivity index (χ3v) is 5.06. The molecule has 1 aliphatic carbocycles. The minimum Gasteiger partial charge on any atom is -0.493 e. The summed E-state index contributed by atoms with van der Waals surface area (Å²) in [5.74, 6) is -0.292. The Balaban J connectivity index is 1.56. The highest BCUT2D eigenvalue weighted by Crippen LogP contribution is 2.35. The third-order valence-electron chi connectivity index (χ3n) is 5.06. The molecule has 0 atom stereocenters. The van der Waals surface area contributed by atoms with Gasteiger partial charge in [0, 0.05) is 17.3 Å². The molecule has 1 fully saturated rings. The molecule has 0 amide bonds. The van der Waals surface area contributed by atoms with Gasteiger partial charge in [0.1, 0.15) is 0 Å². The fourth-order valence-electron chi connectivity index (χ4n) is 3.56. The molecule has 0 radical (unpaired) electrons. The quantitative estimate of drug-likeness (QED) is 0.586. The second kappa shape index (κ2) is 8.00. The van der Waals surface area contributed by atoms with Crippen molar-refractivity contribution in [3.05, 3.63) is 65.9 Å². The maximum absolute atomic E-state index is 13.9. The second-order valence-corrected chi connectivity index (χ2v) is 7.00. The van der Waals surface area contributed by atoms with Crippen molar-refractivity contribution in [2.24, 2.45) is 0 Å². The Kier molecular flexibility index (Phi) is 5.28. The first kappa shape index (κ1) is 18.5. The summed E-state index contributed by atoms with van der Waals surface area (Å²) in [6.07, 6.45) is 6.46. The Morgan fingerprint density at radius 1 is 1.07 bits per heavy atom. The van der Waals surface area contributed by atoms with Gasteiger partial charge in [-0.2, -0.15) is 5.10 Å². The molecular formula is C22H22F2N2O2. The molecule has 0 bridgehead atoms. The smallest absolute Gasteiger partial charge is 0.163 e. The summed E-state index contributed by atoms with van der Waals surface area (Å²) in [5.41, 5.74) is 1.87. The van der Waals surface area contributed by atoms with Gasteiger partial charge in [-0.25, -0.2) is 8.78 Å². The molecule has 2 aromatic carbocycles. The fourth-order valence-corrected chi connectivity index (χ4v) is 3.56. The zero-order valence-electron chi connectivity index (χ0n) is 15.7. The first-order valence-corrected chi connectivity index (χ1v) is 9.45. The third kappa shape index (κ3) is 3.86. The molecule has 6 heteroatoms. The van der Waals surface area contributed by atoms with Gasteiger partial charge in [-0.1, -0.05) is 12.1 Å². The van der Waals surface area contributed by atoms with Gasteiger partial charge in [0.2, 0.25) is 0 Å². The monoisotopic (exact) mass is 384 g/mol. The van der Waals surface area contributed by atoms with E-state index in [1.165, 1.54) is 18.9 Å². The van der Waals surface area contributed by atoms with Gasteiger partial charge >= 0.3 is 0 Å². The molecule has 0 N–H and O–H groups in total. The molecule has 0 unspecified atom stereocenters. The van der Waals surface area contributed by atoms with Crippen molar-refractivity contribution in [3.8, 4) is 22.8 Å². The topological polar surface area (TPSA) is 36.3 Å². The van der Waals surface area contributed by atoms with Gasteiger partial charge in [0.15, 0.2) is 23.1 Å². The summed E-state index contributed by atoms with van der Waals surface area (Å²) >= 11 is 0. The molecular weight excluding hydrogens is 362 g/mol. The van der Waals surface area contributed by atoms with E-state index in [0.29, 0.717) is 11.5 Å². The molecule has 0 saturated heterocycles. The van der Waals surface area contributed by atoms with Crippen molar-refractivity contribution < 1.29 is 18.3 Å². The molecule has 0 aliphatic heterocycles. The van der Waals surface area contributed by atoms with Gasteiger partial charge in [-0.15, -0.1) is 0 Å². The molecule has 146 valence electrons. The number of nitrogens with zero attached hydrogens (tertiary/aromatic N) is 2. The summed E-state index contributed by atoms with van der Waals surface area (Å²) in [5, 5.41) is 4.51. The van der Waals surface area contributed by atoms with Crippen LogP contribution < -0.4 is 9.47 Å². The number of halogens is 2. The van der Waals surface area contributed by atoms with Gasteiger partial charge in [0.25, 0.3) is 0 Å². The van der Waals surface area contributed by atoms with Crippen LogP contribution in [-0.2, 0) is 6.54 Å².